The summed E-state index contributed by atoms with van der Waals surface area (Å²) in [5.74, 6) is -0.0953. The van der Waals surface area contributed by atoms with Gasteiger partial charge in [-0.05, 0) is 25.7 Å². The SMILES string of the molecule is C=C1CCCC(C(N)=O)C1. The number of carbonyl (C=O) groups is 1. The largest absolute Gasteiger partial charge is 0.369 e. The summed E-state index contributed by atoms with van der Waals surface area (Å²) in [5.41, 5.74) is 6.33. The molecule has 1 aliphatic carbocycles. The summed E-state index contributed by atoms with van der Waals surface area (Å²) in [6.07, 6.45) is 3.92. The van der Waals surface area contributed by atoms with E-state index in [9.17, 15) is 4.79 Å². The standard InChI is InChI=1S/C8H13NO/c1-6-3-2-4-7(5-6)8(9)10/h7H,1-5H2,(H2,9,10). The first-order valence-electron chi connectivity index (χ1n) is 3.66. The first kappa shape index (κ1) is 7.32. The van der Waals surface area contributed by atoms with Gasteiger partial charge in [-0.2, -0.15) is 0 Å². The molecule has 56 valence electrons. The van der Waals surface area contributed by atoms with Gasteiger partial charge in [0.15, 0.2) is 0 Å². The first-order chi connectivity index (χ1) is 4.70. The lowest BCUT2D eigenvalue weighted by Gasteiger charge is -2.19. The molecule has 2 nitrogen and oxygen atoms in total. The molecule has 0 bridgehead atoms. The van der Waals surface area contributed by atoms with Crippen molar-refractivity contribution in [3.63, 3.8) is 0 Å². The fraction of sp³-hybridized carbons (Fsp3) is 0.625. The number of primary amides is 1. The summed E-state index contributed by atoms with van der Waals surface area (Å²) in [6, 6.07) is 0. The lowest BCUT2D eigenvalue weighted by atomic mass is 9.86. The van der Waals surface area contributed by atoms with Crippen LogP contribution in [0.25, 0.3) is 0 Å². The van der Waals surface area contributed by atoms with E-state index in [-0.39, 0.29) is 11.8 Å². The number of allylic oxidation sites excluding steroid dienone is 1. The van der Waals surface area contributed by atoms with Gasteiger partial charge >= 0.3 is 0 Å². The molecule has 0 aromatic carbocycles. The van der Waals surface area contributed by atoms with Crippen LogP contribution in [-0.4, -0.2) is 5.91 Å². The third-order valence-corrected chi connectivity index (χ3v) is 2.02. The molecule has 2 N–H and O–H groups in total. The Morgan fingerprint density at radius 3 is 2.80 bits per heavy atom. The van der Waals surface area contributed by atoms with E-state index in [0.717, 1.165) is 25.7 Å². The molecule has 0 radical (unpaired) electrons. The highest BCUT2D eigenvalue weighted by Crippen LogP contribution is 2.26. The van der Waals surface area contributed by atoms with Crippen molar-refractivity contribution in [3.05, 3.63) is 12.2 Å². The predicted octanol–water partition coefficient (Wildman–Crippen LogP) is 1.22. The van der Waals surface area contributed by atoms with Gasteiger partial charge in [-0.3, -0.25) is 4.79 Å². The van der Waals surface area contributed by atoms with Gasteiger partial charge in [-0.25, -0.2) is 0 Å². The zero-order valence-corrected chi connectivity index (χ0v) is 6.10. The molecule has 0 aromatic rings. The maximum absolute atomic E-state index is 10.7. The average Bonchev–Trinajstić information content (AvgIpc) is 1.88. The quantitative estimate of drug-likeness (QED) is 0.545. The Labute approximate surface area is 61.1 Å². The van der Waals surface area contributed by atoms with Gasteiger partial charge in [0, 0.05) is 5.92 Å². The Morgan fingerprint density at radius 1 is 1.70 bits per heavy atom. The molecular weight excluding hydrogens is 126 g/mol. The zero-order valence-electron chi connectivity index (χ0n) is 6.10. The van der Waals surface area contributed by atoms with Crippen molar-refractivity contribution in [1.29, 1.82) is 0 Å². The molecule has 1 fully saturated rings. The van der Waals surface area contributed by atoms with Crippen LogP contribution in [0.3, 0.4) is 0 Å². The van der Waals surface area contributed by atoms with Crippen molar-refractivity contribution in [2.75, 3.05) is 0 Å². The smallest absolute Gasteiger partial charge is 0.220 e. The fourth-order valence-corrected chi connectivity index (χ4v) is 1.39. The van der Waals surface area contributed by atoms with Crippen molar-refractivity contribution in [1.82, 2.24) is 0 Å². The molecule has 0 aliphatic heterocycles. The molecule has 0 heterocycles. The molecule has 1 aliphatic rings. The van der Waals surface area contributed by atoms with E-state index < -0.39 is 0 Å². The number of rotatable bonds is 1. The van der Waals surface area contributed by atoms with Gasteiger partial charge in [0.2, 0.25) is 5.91 Å². The molecule has 1 rings (SSSR count). The van der Waals surface area contributed by atoms with Crippen LogP contribution >= 0.6 is 0 Å². The minimum atomic E-state index is -0.166. The van der Waals surface area contributed by atoms with Gasteiger partial charge in [-0.1, -0.05) is 12.2 Å². The van der Waals surface area contributed by atoms with Crippen LogP contribution in [0, 0.1) is 5.92 Å². The normalized spacial score (nSPS) is 26.4. The van der Waals surface area contributed by atoms with Gasteiger partial charge in [0.25, 0.3) is 0 Å². The second-order valence-electron chi connectivity index (χ2n) is 2.95. The van der Waals surface area contributed by atoms with Gasteiger partial charge in [-0.15, -0.1) is 0 Å². The highest BCUT2D eigenvalue weighted by molar-refractivity contribution is 5.77. The van der Waals surface area contributed by atoms with Crippen LogP contribution in [0.4, 0.5) is 0 Å². The number of amides is 1. The lowest BCUT2D eigenvalue weighted by Crippen LogP contribution is -2.25. The minimum Gasteiger partial charge on any atom is -0.369 e. The van der Waals surface area contributed by atoms with Crippen molar-refractivity contribution in [2.45, 2.75) is 25.7 Å². The highest BCUT2D eigenvalue weighted by Gasteiger charge is 2.19. The Balaban J connectivity index is 2.47. The second kappa shape index (κ2) is 2.86. The molecule has 2 heteroatoms. The topological polar surface area (TPSA) is 43.1 Å². The van der Waals surface area contributed by atoms with Crippen LogP contribution < -0.4 is 5.73 Å². The van der Waals surface area contributed by atoms with Crippen LogP contribution in [0.1, 0.15) is 25.7 Å². The van der Waals surface area contributed by atoms with Crippen molar-refractivity contribution < 1.29 is 4.79 Å². The van der Waals surface area contributed by atoms with E-state index in [1.165, 1.54) is 5.57 Å². The highest BCUT2D eigenvalue weighted by atomic mass is 16.1. The van der Waals surface area contributed by atoms with E-state index in [4.69, 9.17) is 5.73 Å². The molecule has 10 heavy (non-hydrogen) atoms. The Kier molecular flexibility index (Phi) is 2.10. The third-order valence-electron chi connectivity index (χ3n) is 2.02. The summed E-state index contributed by atoms with van der Waals surface area (Å²) >= 11 is 0. The minimum absolute atomic E-state index is 0.0706. The Morgan fingerprint density at radius 2 is 2.40 bits per heavy atom. The zero-order chi connectivity index (χ0) is 7.56. The van der Waals surface area contributed by atoms with Crippen LogP contribution in [0.15, 0.2) is 12.2 Å². The van der Waals surface area contributed by atoms with E-state index in [1.807, 2.05) is 0 Å². The monoisotopic (exact) mass is 139 g/mol. The number of nitrogens with two attached hydrogens (primary N) is 1. The number of hydrogen-bond donors (Lipinski definition) is 1. The summed E-state index contributed by atoms with van der Waals surface area (Å²) < 4.78 is 0. The Bertz CT molecular complexity index is 161. The van der Waals surface area contributed by atoms with E-state index >= 15 is 0 Å². The lowest BCUT2D eigenvalue weighted by molar-refractivity contribution is -0.122. The van der Waals surface area contributed by atoms with Crippen LogP contribution in [0.2, 0.25) is 0 Å². The number of carbonyl (C=O) groups excluding carboxylic acids is 1. The van der Waals surface area contributed by atoms with Crippen LogP contribution in [-0.2, 0) is 4.79 Å². The molecule has 1 atom stereocenters. The van der Waals surface area contributed by atoms with Gasteiger partial charge < -0.3 is 5.73 Å². The van der Waals surface area contributed by atoms with Gasteiger partial charge in [0.05, 0.1) is 0 Å². The van der Waals surface area contributed by atoms with E-state index in [1.54, 1.807) is 0 Å². The molecule has 0 aromatic heterocycles. The number of hydrogen-bond acceptors (Lipinski definition) is 1. The Hall–Kier alpha value is -0.790. The average molecular weight is 139 g/mol. The summed E-state index contributed by atoms with van der Waals surface area (Å²) in [5, 5.41) is 0. The fourth-order valence-electron chi connectivity index (χ4n) is 1.39. The van der Waals surface area contributed by atoms with Gasteiger partial charge in [0.1, 0.15) is 0 Å². The third kappa shape index (κ3) is 1.59. The summed E-state index contributed by atoms with van der Waals surface area (Å²) in [6.45, 7) is 3.84. The van der Waals surface area contributed by atoms with E-state index in [0.29, 0.717) is 0 Å². The molecule has 0 saturated heterocycles. The molecule has 1 unspecified atom stereocenters. The maximum atomic E-state index is 10.7. The molecule has 1 amide bonds. The van der Waals surface area contributed by atoms with Crippen molar-refractivity contribution >= 4 is 5.91 Å². The molecular formula is C8H13NO. The summed E-state index contributed by atoms with van der Waals surface area (Å²) in [4.78, 5) is 10.7. The first-order valence-corrected chi connectivity index (χ1v) is 3.66. The predicted molar refractivity (Wildman–Crippen MR) is 40.3 cm³/mol. The maximum Gasteiger partial charge on any atom is 0.220 e. The van der Waals surface area contributed by atoms with E-state index in [2.05, 4.69) is 6.58 Å². The second-order valence-corrected chi connectivity index (χ2v) is 2.95. The molecule has 0 spiro atoms. The van der Waals surface area contributed by atoms with Crippen molar-refractivity contribution in [3.8, 4) is 0 Å². The van der Waals surface area contributed by atoms with Crippen LogP contribution in [0.5, 0.6) is 0 Å². The summed E-state index contributed by atoms with van der Waals surface area (Å²) in [7, 11) is 0. The van der Waals surface area contributed by atoms with Crippen molar-refractivity contribution in [2.24, 2.45) is 11.7 Å². The molecule has 1 saturated carbocycles.